The van der Waals surface area contributed by atoms with Crippen LogP contribution in [0, 0.1) is 6.92 Å². The van der Waals surface area contributed by atoms with Crippen molar-refractivity contribution in [3.8, 4) is 17.1 Å². The maximum atomic E-state index is 12.7. The number of thioether (sulfide) groups is 1. The molecule has 38 heavy (non-hydrogen) atoms. The molecule has 1 amide bonds. The summed E-state index contributed by atoms with van der Waals surface area (Å²) in [5.41, 5.74) is 6.84. The van der Waals surface area contributed by atoms with Crippen molar-refractivity contribution in [2.45, 2.75) is 37.6 Å². The van der Waals surface area contributed by atoms with E-state index in [0.717, 1.165) is 33.5 Å². The number of rotatable bonds is 8. The molecule has 190 valence electrons. The van der Waals surface area contributed by atoms with Gasteiger partial charge in [0.1, 0.15) is 0 Å². The summed E-state index contributed by atoms with van der Waals surface area (Å²) in [7, 11) is 0. The van der Waals surface area contributed by atoms with E-state index in [1.54, 1.807) is 24.2 Å². The average molecular weight is 520 g/mol. The van der Waals surface area contributed by atoms with Crippen LogP contribution in [0.5, 0.6) is 0 Å². The Morgan fingerprint density at radius 3 is 2.32 bits per heavy atom. The first-order valence-corrected chi connectivity index (χ1v) is 13.5. The number of nitrogens with one attached hydrogen (secondary N) is 1. The maximum Gasteiger partial charge on any atom is 0.255 e. The Hall–Kier alpha value is -4.23. The predicted octanol–water partition coefficient (Wildman–Crippen LogP) is 7.31. The normalized spacial score (nSPS) is 11.1. The molecule has 0 aliphatic rings. The molecule has 3 aromatic carbocycles. The Labute approximate surface area is 227 Å². The summed E-state index contributed by atoms with van der Waals surface area (Å²) in [6.07, 6.45) is 3.55. The van der Waals surface area contributed by atoms with Crippen LogP contribution < -0.4 is 5.32 Å². The van der Waals surface area contributed by atoms with Crippen LogP contribution in [0.25, 0.3) is 17.1 Å². The lowest BCUT2D eigenvalue weighted by Crippen LogP contribution is -2.11. The first-order valence-electron chi connectivity index (χ1n) is 12.5. The molecule has 5 rings (SSSR count). The van der Waals surface area contributed by atoms with Crippen LogP contribution in [0.1, 0.15) is 46.8 Å². The second kappa shape index (κ2) is 11.4. The maximum absolute atomic E-state index is 12.7. The standard InChI is InChI=1S/C31H29N5OS/c1-21(2)24-12-14-27(15-13-24)33-30(37)25-10-8-23(9-11-25)20-38-31-35-34-29(26-5-4-18-32-19-26)36(31)28-16-6-22(3)7-17-28/h4-19,21H,20H2,1-3H3,(H,33,37). The summed E-state index contributed by atoms with van der Waals surface area (Å²) in [4.78, 5) is 17.0. The molecule has 0 unspecified atom stereocenters. The number of hydrogen-bond donors (Lipinski definition) is 1. The van der Waals surface area contributed by atoms with Crippen molar-refractivity contribution in [2.75, 3.05) is 5.32 Å². The summed E-state index contributed by atoms with van der Waals surface area (Å²) < 4.78 is 2.06. The zero-order valence-electron chi connectivity index (χ0n) is 21.6. The topological polar surface area (TPSA) is 72.7 Å². The molecule has 0 saturated carbocycles. The number of benzene rings is 3. The number of aryl methyl sites for hydroxylation is 1. The lowest BCUT2D eigenvalue weighted by atomic mass is 10.0. The SMILES string of the molecule is Cc1ccc(-n2c(SCc3ccc(C(=O)Nc4ccc(C(C)C)cc4)cc3)nnc2-c2cccnc2)cc1. The molecule has 2 heterocycles. The van der Waals surface area contributed by atoms with E-state index < -0.39 is 0 Å². The molecule has 6 nitrogen and oxygen atoms in total. The summed E-state index contributed by atoms with van der Waals surface area (Å²) in [6, 6.07) is 27.9. The predicted molar refractivity (Wildman–Crippen MR) is 154 cm³/mol. The molecule has 1 N–H and O–H groups in total. The van der Waals surface area contributed by atoms with Gasteiger partial charge in [-0.2, -0.15) is 0 Å². The van der Waals surface area contributed by atoms with E-state index in [0.29, 0.717) is 17.2 Å². The fourth-order valence-electron chi connectivity index (χ4n) is 4.03. The highest BCUT2D eigenvalue weighted by Gasteiger charge is 2.17. The monoisotopic (exact) mass is 519 g/mol. The van der Waals surface area contributed by atoms with Crippen molar-refractivity contribution >= 4 is 23.4 Å². The zero-order chi connectivity index (χ0) is 26.5. The van der Waals surface area contributed by atoms with Gasteiger partial charge in [-0.15, -0.1) is 10.2 Å². The van der Waals surface area contributed by atoms with Crippen molar-refractivity contribution in [3.63, 3.8) is 0 Å². The van der Waals surface area contributed by atoms with E-state index in [4.69, 9.17) is 0 Å². The molecule has 0 fully saturated rings. The van der Waals surface area contributed by atoms with Crippen LogP contribution in [0.3, 0.4) is 0 Å². The Balaban J connectivity index is 1.30. The van der Waals surface area contributed by atoms with E-state index >= 15 is 0 Å². The van der Waals surface area contributed by atoms with E-state index in [2.05, 4.69) is 82.2 Å². The zero-order valence-corrected chi connectivity index (χ0v) is 22.4. The van der Waals surface area contributed by atoms with Gasteiger partial charge in [0.15, 0.2) is 11.0 Å². The second-order valence-corrected chi connectivity index (χ2v) is 10.4. The van der Waals surface area contributed by atoms with Gasteiger partial charge in [-0.3, -0.25) is 14.3 Å². The minimum absolute atomic E-state index is 0.123. The molecular formula is C31H29N5OS. The number of anilines is 1. The van der Waals surface area contributed by atoms with Crippen molar-refractivity contribution in [2.24, 2.45) is 0 Å². The van der Waals surface area contributed by atoms with E-state index in [9.17, 15) is 4.79 Å². The van der Waals surface area contributed by atoms with Crippen LogP contribution in [0.2, 0.25) is 0 Å². The number of amides is 1. The van der Waals surface area contributed by atoms with Gasteiger partial charge in [-0.1, -0.05) is 67.6 Å². The summed E-state index contributed by atoms with van der Waals surface area (Å²) in [6.45, 7) is 6.37. The molecule has 7 heteroatoms. The van der Waals surface area contributed by atoms with Gasteiger partial charge in [0, 0.05) is 40.6 Å². The largest absolute Gasteiger partial charge is 0.322 e. The van der Waals surface area contributed by atoms with Crippen LogP contribution >= 0.6 is 11.8 Å². The van der Waals surface area contributed by atoms with Gasteiger partial charge in [-0.05, 0) is 72.5 Å². The van der Waals surface area contributed by atoms with Gasteiger partial charge in [0.25, 0.3) is 5.91 Å². The lowest BCUT2D eigenvalue weighted by Gasteiger charge is -2.11. The minimum atomic E-state index is -0.123. The Kier molecular flexibility index (Phi) is 7.65. The number of carbonyl (C=O) groups excluding carboxylic acids is 1. The Bertz CT molecular complexity index is 1510. The van der Waals surface area contributed by atoms with Gasteiger partial charge in [0.05, 0.1) is 0 Å². The first kappa shape index (κ1) is 25.4. The van der Waals surface area contributed by atoms with Gasteiger partial charge < -0.3 is 5.32 Å². The smallest absolute Gasteiger partial charge is 0.255 e. The number of aromatic nitrogens is 4. The molecule has 0 radical (unpaired) electrons. The lowest BCUT2D eigenvalue weighted by molar-refractivity contribution is 0.102. The second-order valence-electron chi connectivity index (χ2n) is 9.44. The molecule has 0 saturated heterocycles. The van der Waals surface area contributed by atoms with Crippen molar-refractivity contribution in [3.05, 3.63) is 120 Å². The molecule has 0 bridgehead atoms. The summed E-state index contributed by atoms with van der Waals surface area (Å²) in [5, 5.41) is 12.8. The Morgan fingerprint density at radius 1 is 0.921 bits per heavy atom. The highest BCUT2D eigenvalue weighted by atomic mass is 32.2. The summed E-state index contributed by atoms with van der Waals surface area (Å²) >= 11 is 1.60. The van der Waals surface area contributed by atoms with Crippen LogP contribution in [-0.2, 0) is 5.75 Å². The summed E-state index contributed by atoms with van der Waals surface area (Å²) in [5.74, 6) is 1.77. The molecule has 0 aliphatic heterocycles. The minimum Gasteiger partial charge on any atom is -0.322 e. The number of nitrogens with zero attached hydrogens (tertiary/aromatic N) is 4. The molecular weight excluding hydrogens is 490 g/mol. The third-order valence-electron chi connectivity index (χ3n) is 6.26. The number of carbonyl (C=O) groups is 1. The highest BCUT2D eigenvalue weighted by Crippen LogP contribution is 2.30. The third kappa shape index (κ3) is 5.84. The molecule has 0 spiro atoms. The van der Waals surface area contributed by atoms with E-state index in [-0.39, 0.29) is 5.91 Å². The highest BCUT2D eigenvalue weighted by molar-refractivity contribution is 7.98. The van der Waals surface area contributed by atoms with Gasteiger partial charge in [-0.25, -0.2) is 0 Å². The van der Waals surface area contributed by atoms with Crippen LogP contribution in [0.4, 0.5) is 5.69 Å². The Morgan fingerprint density at radius 2 is 1.66 bits per heavy atom. The fourth-order valence-corrected chi connectivity index (χ4v) is 4.93. The van der Waals surface area contributed by atoms with Crippen LogP contribution in [0.15, 0.2) is 102 Å². The van der Waals surface area contributed by atoms with Gasteiger partial charge >= 0.3 is 0 Å². The quantitative estimate of drug-likeness (QED) is 0.218. The molecule has 2 aromatic heterocycles. The van der Waals surface area contributed by atoms with Crippen molar-refractivity contribution in [1.29, 1.82) is 0 Å². The van der Waals surface area contributed by atoms with Crippen LogP contribution in [-0.4, -0.2) is 25.7 Å². The molecule has 5 aromatic rings. The third-order valence-corrected chi connectivity index (χ3v) is 7.26. The first-order chi connectivity index (χ1) is 18.5. The van der Waals surface area contributed by atoms with Crippen molar-refractivity contribution < 1.29 is 4.79 Å². The molecule has 0 atom stereocenters. The number of pyridine rings is 1. The van der Waals surface area contributed by atoms with E-state index in [1.165, 1.54) is 11.1 Å². The average Bonchev–Trinajstić information content (AvgIpc) is 3.37. The number of hydrogen-bond acceptors (Lipinski definition) is 5. The fraction of sp³-hybridized carbons (Fsp3) is 0.161. The van der Waals surface area contributed by atoms with Crippen molar-refractivity contribution in [1.82, 2.24) is 19.7 Å². The van der Waals surface area contributed by atoms with Gasteiger partial charge in [0.2, 0.25) is 0 Å². The van der Waals surface area contributed by atoms with E-state index in [1.807, 2.05) is 48.5 Å². The molecule has 0 aliphatic carbocycles.